The standard InChI is InChI=1S/C24H27ClN2O3/c1-16-15-18(24(30)26-20-5-3-2-4-6-20)9-12-21(16)27-23(29)14-13-22(28)17-7-10-19(25)11-8-17/h7-12,15,20H,2-6,13-14H2,1H3,(H,26,30)(H,27,29). The zero-order valence-corrected chi connectivity index (χ0v) is 17.9. The number of aryl methyl sites for hydroxylation is 1. The fourth-order valence-corrected chi connectivity index (χ4v) is 3.81. The van der Waals surface area contributed by atoms with Gasteiger partial charge in [0.15, 0.2) is 5.78 Å². The molecule has 158 valence electrons. The molecule has 6 heteroatoms. The molecule has 0 saturated heterocycles. The summed E-state index contributed by atoms with van der Waals surface area (Å²) in [5.74, 6) is -0.412. The predicted molar refractivity (Wildman–Crippen MR) is 119 cm³/mol. The molecule has 2 amide bonds. The minimum Gasteiger partial charge on any atom is -0.349 e. The first-order valence-corrected chi connectivity index (χ1v) is 10.8. The zero-order chi connectivity index (χ0) is 21.5. The quantitative estimate of drug-likeness (QED) is 0.589. The third kappa shape index (κ3) is 6.17. The molecule has 2 N–H and O–H groups in total. The van der Waals surface area contributed by atoms with Gasteiger partial charge in [0.1, 0.15) is 0 Å². The Morgan fingerprint density at radius 1 is 0.933 bits per heavy atom. The number of nitrogens with one attached hydrogen (secondary N) is 2. The molecule has 5 nitrogen and oxygen atoms in total. The maximum atomic E-state index is 12.5. The van der Waals surface area contributed by atoms with Crippen LogP contribution >= 0.6 is 11.6 Å². The first kappa shape index (κ1) is 22.0. The van der Waals surface area contributed by atoms with Crippen molar-refractivity contribution in [3.8, 4) is 0 Å². The van der Waals surface area contributed by atoms with Gasteiger partial charge in [-0.15, -0.1) is 0 Å². The van der Waals surface area contributed by atoms with Gasteiger partial charge in [0.2, 0.25) is 5.91 Å². The molecule has 1 fully saturated rings. The van der Waals surface area contributed by atoms with Crippen molar-refractivity contribution >= 4 is 34.9 Å². The molecule has 3 rings (SSSR count). The number of hydrogen-bond donors (Lipinski definition) is 2. The van der Waals surface area contributed by atoms with Crippen molar-refractivity contribution in [2.45, 2.75) is 57.9 Å². The highest BCUT2D eigenvalue weighted by atomic mass is 35.5. The fourth-order valence-electron chi connectivity index (χ4n) is 3.68. The fraction of sp³-hybridized carbons (Fsp3) is 0.375. The first-order valence-electron chi connectivity index (χ1n) is 10.4. The lowest BCUT2D eigenvalue weighted by Gasteiger charge is -2.23. The monoisotopic (exact) mass is 426 g/mol. The molecule has 0 radical (unpaired) electrons. The van der Waals surface area contributed by atoms with Crippen LogP contribution in [0.15, 0.2) is 42.5 Å². The van der Waals surface area contributed by atoms with Crippen molar-refractivity contribution in [2.75, 3.05) is 5.32 Å². The predicted octanol–water partition coefficient (Wildman–Crippen LogP) is 5.31. The summed E-state index contributed by atoms with van der Waals surface area (Å²) in [5.41, 5.74) is 2.59. The number of Topliss-reactive ketones (excluding diaryl/α,β-unsaturated/α-hetero) is 1. The van der Waals surface area contributed by atoms with Crippen molar-refractivity contribution in [3.63, 3.8) is 0 Å². The highest BCUT2D eigenvalue weighted by molar-refractivity contribution is 6.30. The minimum absolute atomic E-state index is 0.0727. The lowest BCUT2D eigenvalue weighted by Crippen LogP contribution is -2.36. The molecule has 0 aromatic heterocycles. The smallest absolute Gasteiger partial charge is 0.251 e. The Balaban J connectivity index is 1.52. The largest absolute Gasteiger partial charge is 0.349 e. The van der Waals surface area contributed by atoms with Gasteiger partial charge >= 0.3 is 0 Å². The van der Waals surface area contributed by atoms with Crippen molar-refractivity contribution in [3.05, 3.63) is 64.2 Å². The van der Waals surface area contributed by atoms with Crippen LogP contribution < -0.4 is 10.6 Å². The van der Waals surface area contributed by atoms with Gasteiger partial charge in [-0.05, 0) is 67.8 Å². The summed E-state index contributed by atoms with van der Waals surface area (Å²) in [5, 5.41) is 6.50. The van der Waals surface area contributed by atoms with Crippen LogP contribution in [0.3, 0.4) is 0 Å². The molecule has 30 heavy (non-hydrogen) atoms. The second kappa shape index (κ2) is 10.4. The maximum absolute atomic E-state index is 12.5. The Labute approximate surface area is 182 Å². The SMILES string of the molecule is Cc1cc(C(=O)NC2CCCCC2)ccc1NC(=O)CCC(=O)c1ccc(Cl)cc1. The van der Waals surface area contributed by atoms with Gasteiger partial charge in [0, 0.05) is 40.7 Å². The molecule has 0 spiro atoms. The number of carbonyl (C=O) groups excluding carboxylic acids is 3. The van der Waals surface area contributed by atoms with Gasteiger partial charge in [-0.3, -0.25) is 14.4 Å². The second-order valence-corrected chi connectivity index (χ2v) is 8.25. The number of rotatable bonds is 7. The van der Waals surface area contributed by atoms with Crippen LogP contribution in [0.1, 0.15) is 71.2 Å². The summed E-state index contributed by atoms with van der Waals surface area (Å²) < 4.78 is 0. The van der Waals surface area contributed by atoms with Crippen molar-refractivity contribution in [1.82, 2.24) is 5.32 Å². The van der Waals surface area contributed by atoms with E-state index in [2.05, 4.69) is 10.6 Å². The molecule has 0 heterocycles. The number of amides is 2. The van der Waals surface area contributed by atoms with E-state index in [1.807, 2.05) is 6.92 Å². The Morgan fingerprint density at radius 3 is 2.27 bits per heavy atom. The molecule has 2 aromatic carbocycles. The van der Waals surface area contributed by atoms with E-state index < -0.39 is 0 Å². The van der Waals surface area contributed by atoms with E-state index in [9.17, 15) is 14.4 Å². The summed E-state index contributed by atoms with van der Waals surface area (Å²) in [6, 6.07) is 12.1. The topological polar surface area (TPSA) is 75.3 Å². The Bertz CT molecular complexity index is 919. The van der Waals surface area contributed by atoms with Gasteiger partial charge in [-0.1, -0.05) is 30.9 Å². The molecule has 0 bridgehead atoms. The maximum Gasteiger partial charge on any atom is 0.251 e. The minimum atomic E-state index is -0.236. The first-order chi connectivity index (χ1) is 14.4. The molecular weight excluding hydrogens is 400 g/mol. The van der Waals surface area contributed by atoms with Gasteiger partial charge in [-0.25, -0.2) is 0 Å². The lowest BCUT2D eigenvalue weighted by molar-refractivity contribution is -0.116. The van der Waals surface area contributed by atoms with Gasteiger partial charge in [-0.2, -0.15) is 0 Å². The van der Waals surface area contributed by atoms with E-state index in [4.69, 9.17) is 11.6 Å². The molecule has 1 saturated carbocycles. The molecule has 0 atom stereocenters. The number of halogens is 1. The van der Waals surface area contributed by atoms with E-state index in [1.54, 1.807) is 42.5 Å². The van der Waals surface area contributed by atoms with E-state index >= 15 is 0 Å². The van der Waals surface area contributed by atoms with E-state index in [-0.39, 0.29) is 36.5 Å². The van der Waals surface area contributed by atoms with Gasteiger partial charge < -0.3 is 10.6 Å². The lowest BCUT2D eigenvalue weighted by atomic mass is 9.95. The van der Waals surface area contributed by atoms with Crippen LogP contribution in [0.5, 0.6) is 0 Å². The van der Waals surface area contributed by atoms with Crippen LogP contribution in [0.25, 0.3) is 0 Å². The van der Waals surface area contributed by atoms with Crippen LogP contribution in [-0.2, 0) is 4.79 Å². The number of benzene rings is 2. The number of carbonyl (C=O) groups is 3. The Kier molecular flexibility index (Phi) is 7.63. The Morgan fingerprint density at radius 2 is 1.60 bits per heavy atom. The summed E-state index contributed by atoms with van der Waals surface area (Å²) in [4.78, 5) is 37.0. The highest BCUT2D eigenvalue weighted by Gasteiger charge is 2.17. The summed E-state index contributed by atoms with van der Waals surface area (Å²) >= 11 is 5.83. The second-order valence-electron chi connectivity index (χ2n) is 7.82. The number of ketones is 1. The summed E-state index contributed by atoms with van der Waals surface area (Å²) in [6.07, 6.45) is 5.84. The van der Waals surface area contributed by atoms with Gasteiger partial charge in [0.05, 0.1) is 0 Å². The number of hydrogen-bond acceptors (Lipinski definition) is 3. The van der Waals surface area contributed by atoms with Crippen molar-refractivity contribution < 1.29 is 14.4 Å². The van der Waals surface area contributed by atoms with Crippen LogP contribution in [0.2, 0.25) is 5.02 Å². The van der Waals surface area contributed by atoms with E-state index in [0.29, 0.717) is 21.8 Å². The van der Waals surface area contributed by atoms with Crippen molar-refractivity contribution in [2.24, 2.45) is 0 Å². The molecule has 1 aliphatic carbocycles. The third-order valence-electron chi connectivity index (χ3n) is 5.45. The third-order valence-corrected chi connectivity index (χ3v) is 5.70. The highest BCUT2D eigenvalue weighted by Crippen LogP contribution is 2.20. The van der Waals surface area contributed by atoms with Crippen molar-refractivity contribution in [1.29, 1.82) is 0 Å². The molecule has 0 unspecified atom stereocenters. The molecule has 2 aromatic rings. The van der Waals surface area contributed by atoms with E-state index in [1.165, 1.54) is 6.42 Å². The average molecular weight is 427 g/mol. The Hall–Kier alpha value is -2.66. The van der Waals surface area contributed by atoms with Crippen LogP contribution in [0.4, 0.5) is 5.69 Å². The number of anilines is 1. The zero-order valence-electron chi connectivity index (χ0n) is 17.2. The molecule has 0 aliphatic heterocycles. The summed E-state index contributed by atoms with van der Waals surface area (Å²) in [7, 11) is 0. The van der Waals surface area contributed by atoms with Crippen LogP contribution in [-0.4, -0.2) is 23.6 Å². The van der Waals surface area contributed by atoms with Gasteiger partial charge in [0.25, 0.3) is 5.91 Å². The summed E-state index contributed by atoms with van der Waals surface area (Å²) in [6.45, 7) is 1.85. The normalized spacial score (nSPS) is 14.2. The van der Waals surface area contributed by atoms with E-state index in [0.717, 1.165) is 31.2 Å². The molecular formula is C24H27ClN2O3. The van der Waals surface area contributed by atoms with Crippen LogP contribution in [0, 0.1) is 6.92 Å². The average Bonchev–Trinajstić information content (AvgIpc) is 2.74. The molecule has 1 aliphatic rings.